The molecule has 1 aliphatic heterocycles. The summed E-state index contributed by atoms with van der Waals surface area (Å²) in [6.45, 7) is 2.01. The Morgan fingerprint density at radius 1 is 1.13 bits per heavy atom. The number of likely N-dealkylation sites (tertiary alicyclic amines) is 1. The van der Waals surface area contributed by atoms with Crippen LogP contribution in [0.5, 0.6) is 11.5 Å². The minimum atomic E-state index is -0.844. The van der Waals surface area contributed by atoms with Crippen LogP contribution in [0.4, 0.5) is 0 Å². The van der Waals surface area contributed by atoms with E-state index in [1.165, 1.54) is 30.5 Å². The fraction of sp³-hybridized carbons (Fsp3) is 0.217. The number of aryl methyl sites for hydroxylation is 1. The van der Waals surface area contributed by atoms with Crippen molar-refractivity contribution in [2.45, 2.75) is 19.5 Å². The van der Waals surface area contributed by atoms with Crippen LogP contribution in [0.3, 0.4) is 0 Å². The number of benzene rings is 1. The van der Waals surface area contributed by atoms with Gasteiger partial charge in [0.2, 0.25) is 0 Å². The summed E-state index contributed by atoms with van der Waals surface area (Å²) in [5.74, 6) is 0.183. The van der Waals surface area contributed by atoms with E-state index in [0.717, 1.165) is 4.88 Å². The second kappa shape index (κ2) is 8.31. The van der Waals surface area contributed by atoms with Crippen LogP contribution in [0.15, 0.2) is 57.8 Å². The Labute approximate surface area is 183 Å². The van der Waals surface area contributed by atoms with Gasteiger partial charge in [0, 0.05) is 10.4 Å². The number of Topliss-reactive ketones (excluding diaryl/α,β-unsaturated/α-hetero) is 1. The molecule has 2 aromatic heterocycles. The SMILES string of the molecule is COc1ccc(/C(O)=C2/C(=O)C(=O)N(Cc3cccs3)C2c2ccc(C)o2)cc1OC. The first kappa shape index (κ1) is 20.7. The zero-order valence-corrected chi connectivity index (χ0v) is 18.1. The fourth-order valence-corrected chi connectivity index (χ4v) is 4.35. The van der Waals surface area contributed by atoms with E-state index in [1.807, 2.05) is 17.5 Å². The number of aliphatic hydroxyl groups is 1. The van der Waals surface area contributed by atoms with Gasteiger partial charge in [-0.1, -0.05) is 6.07 Å². The van der Waals surface area contributed by atoms with Crippen molar-refractivity contribution in [2.75, 3.05) is 14.2 Å². The number of thiophene rings is 1. The average Bonchev–Trinajstić information content (AvgIpc) is 3.50. The highest BCUT2D eigenvalue weighted by atomic mass is 32.1. The standard InChI is InChI=1S/C23H21NO6S/c1-13-6-8-17(30-13)20-19(21(25)14-7-9-16(28-2)18(11-14)29-3)22(26)23(27)24(20)12-15-5-4-10-31-15/h4-11,20,25H,12H2,1-3H3/b21-19-. The molecule has 0 aliphatic carbocycles. The normalized spacial score (nSPS) is 17.9. The molecule has 0 bridgehead atoms. The first-order chi connectivity index (χ1) is 14.9. The van der Waals surface area contributed by atoms with Gasteiger partial charge in [-0.15, -0.1) is 11.3 Å². The van der Waals surface area contributed by atoms with E-state index in [9.17, 15) is 14.7 Å². The highest BCUT2D eigenvalue weighted by molar-refractivity contribution is 7.09. The van der Waals surface area contributed by atoms with Gasteiger partial charge in [0.05, 0.1) is 26.3 Å². The first-order valence-corrected chi connectivity index (χ1v) is 10.4. The zero-order valence-electron chi connectivity index (χ0n) is 17.2. The molecule has 0 radical (unpaired) electrons. The van der Waals surface area contributed by atoms with Gasteiger partial charge >= 0.3 is 0 Å². The van der Waals surface area contributed by atoms with Crippen molar-refractivity contribution >= 4 is 28.8 Å². The topological polar surface area (TPSA) is 89.2 Å². The Bertz CT molecular complexity index is 1160. The van der Waals surface area contributed by atoms with Crippen molar-refractivity contribution in [1.82, 2.24) is 4.90 Å². The second-order valence-corrected chi connectivity index (χ2v) is 8.06. The van der Waals surface area contributed by atoms with Gasteiger partial charge in [0.1, 0.15) is 23.3 Å². The van der Waals surface area contributed by atoms with Crippen LogP contribution < -0.4 is 9.47 Å². The molecule has 7 nitrogen and oxygen atoms in total. The van der Waals surface area contributed by atoms with Crippen molar-refractivity contribution in [1.29, 1.82) is 0 Å². The Morgan fingerprint density at radius 2 is 1.90 bits per heavy atom. The van der Waals surface area contributed by atoms with Crippen molar-refractivity contribution in [3.8, 4) is 11.5 Å². The van der Waals surface area contributed by atoms with Crippen LogP contribution in [0, 0.1) is 6.92 Å². The summed E-state index contributed by atoms with van der Waals surface area (Å²) in [6, 6.07) is 11.2. The number of rotatable bonds is 6. The lowest BCUT2D eigenvalue weighted by Crippen LogP contribution is -2.28. The van der Waals surface area contributed by atoms with Crippen molar-refractivity contribution in [3.05, 3.63) is 75.4 Å². The molecule has 4 rings (SSSR count). The molecule has 1 aliphatic rings. The number of furan rings is 1. The Morgan fingerprint density at radius 3 is 2.52 bits per heavy atom. The van der Waals surface area contributed by atoms with E-state index in [2.05, 4.69) is 0 Å². The highest BCUT2D eigenvalue weighted by Gasteiger charge is 2.47. The predicted octanol–water partition coefficient (Wildman–Crippen LogP) is 4.29. The maximum Gasteiger partial charge on any atom is 0.296 e. The fourth-order valence-electron chi connectivity index (χ4n) is 3.65. The Balaban J connectivity index is 1.85. The number of hydrogen-bond acceptors (Lipinski definition) is 7. The van der Waals surface area contributed by atoms with E-state index >= 15 is 0 Å². The van der Waals surface area contributed by atoms with Crippen LogP contribution in [0.2, 0.25) is 0 Å². The van der Waals surface area contributed by atoms with Gasteiger partial charge < -0.3 is 23.9 Å². The molecule has 1 atom stereocenters. The summed E-state index contributed by atoms with van der Waals surface area (Å²) in [5, 5.41) is 13.0. The third-order valence-electron chi connectivity index (χ3n) is 5.13. The third kappa shape index (κ3) is 3.70. The number of aliphatic hydroxyl groups excluding tert-OH is 1. The lowest BCUT2D eigenvalue weighted by atomic mass is 9.99. The molecule has 3 aromatic rings. The number of amides is 1. The zero-order chi connectivity index (χ0) is 22.1. The molecule has 1 fully saturated rings. The van der Waals surface area contributed by atoms with Crippen LogP contribution in [-0.4, -0.2) is 35.9 Å². The third-order valence-corrected chi connectivity index (χ3v) is 6.00. The summed E-state index contributed by atoms with van der Waals surface area (Å²) < 4.78 is 16.3. The van der Waals surface area contributed by atoms with Crippen molar-refractivity contribution < 1.29 is 28.6 Å². The molecule has 0 spiro atoms. The number of methoxy groups -OCH3 is 2. The molecule has 1 aromatic carbocycles. The lowest BCUT2D eigenvalue weighted by Gasteiger charge is -2.22. The summed E-state index contributed by atoms with van der Waals surface area (Å²) in [4.78, 5) is 28.3. The minimum Gasteiger partial charge on any atom is -0.507 e. The van der Waals surface area contributed by atoms with Crippen LogP contribution in [0.1, 0.15) is 28.0 Å². The Kier molecular flexibility index (Phi) is 5.56. The van der Waals surface area contributed by atoms with Crippen molar-refractivity contribution in [2.24, 2.45) is 0 Å². The van der Waals surface area contributed by atoms with Crippen LogP contribution in [-0.2, 0) is 16.1 Å². The van der Waals surface area contributed by atoms with Gasteiger partial charge in [-0.3, -0.25) is 9.59 Å². The van der Waals surface area contributed by atoms with E-state index in [-0.39, 0.29) is 17.9 Å². The second-order valence-electron chi connectivity index (χ2n) is 7.02. The summed E-state index contributed by atoms with van der Waals surface area (Å²) in [5.41, 5.74) is 0.308. The molecule has 1 N–H and O–H groups in total. The number of ether oxygens (including phenoxy) is 2. The van der Waals surface area contributed by atoms with Gasteiger partial charge in [-0.05, 0) is 48.7 Å². The molecule has 0 saturated carbocycles. The molecular weight excluding hydrogens is 418 g/mol. The molecule has 1 saturated heterocycles. The largest absolute Gasteiger partial charge is 0.507 e. The number of carbonyl (C=O) groups excluding carboxylic acids is 2. The van der Waals surface area contributed by atoms with Crippen LogP contribution >= 0.6 is 11.3 Å². The molecular formula is C23H21NO6S. The summed E-state index contributed by atoms with van der Waals surface area (Å²) >= 11 is 1.49. The molecule has 1 amide bonds. The average molecular weight is 439 g/mol. The van der Waals surface area contributed by atoms with E-state index in [4.69, 9.17) is 13.9 Å². The molecule has 8 heteroatoms. The molecule has 160 valence electrons. The summed E-state index contributed by atoms with van der Waals surface area (Å²) in [6.07, 6.45) is 0. The minimum absolute atomic E-state index is 0.0249. The van der Waals surface area contributed by atoms with E-state index in [0.29, 0.717) is 28.6 Å². The number of ketones is 1. The maximum atomic E-state index is 13.0. The van der Waals surface area contributed by atoms with Gasteiger partial charge in [0.25, 0.3) is 11.7 Å². The lowest BCUT2D eigenvalue weighted by molar-refractivity contribution is -0.140. The summed E-state index contributed by atoms with van der Waals surface area (Å²) in [7, 11) is 2.99. The predicted molar refractivity (Wildman–Crippen MR) is 115 cm³/mol. The highest BCUT2D eigenvalue weighted by Crippen LogP contribution is 2.42. The maximum absolute atomic E-state index is 13.0. The van der Waals surface area contributed by atoms with E-state index in [1.54, 1.807) is 37.3 Å². The van der Waals surface area contributed by atoms with Crippen molar-refractivity contribution in [3.63, 3.8) is 0 Å². The smallest absolute Gasteiger partial charge is 0.296 e. The monoisotopic (exact) mass is 439 g/mol. The van der Waals surface area contributed by atoms with Gasteiger partial charge in [0.15, 0.2) is 11.5 Å². The number of carbonyl (C=O) groups is 2. The molecule has 3 heterocycles. The number of nitrogens with zero attached hydrogens (tertiary/aromatic N) is 1. The van der Waals surface area contributed by atoms with E-state index < -0.39 is 17.7 Å². The molecule has 31 heavy (non-hydrogen) atoms. The molecule has 1 unspecified atom stereocenters. The number of hydrogen-bond donors (Lipinski definition) is 1. The van der Waals surface area contributed by atoms with Crippen LogP contribution in [0.25, 0.3) is 5.76 Å². The van der Waals surface area contributed by atoms with Gasteiger partial charge in [-0.25, -0.2) is 0 Å². The Hall–Kier alpha value is -3.52. The van der Waals surface area contributed by atoms with Gasteiger partial charge in [-0.2, -0.15) is 0 Å². The first-order valence-electron chi connectivity index (χ1n) is 9.54. The quantitative estimate of drug-likeness (QED) is 0.350.